The standard InChI is InChI=1S/C14H22N2O3/c1-14(2,3)19-13(17)16-12(10-6-7-15-9-10)11-5-4-8-18-11/h4-5,8,10,12,15H,6-7,9H2,1-3H3,(H,16,17)/t10?,12-/m1/s1. The average Bonchev–Trinajstić information content (AvgIpc) is 2.97. The van der Waals surface area contributed by atoms with E-state index in [0.29, 0.717) is 5.92 Å². The molecule has 106 valence electrons. The van der Waals surface area contributed by atoms with E-state index in [1.54, 1.807) is 6.26 Å². The lowest BCUT2D eigenvalue weighted by Crippen LogP contribution is -2.38. The molecule has 0 radical (unpaired) electrons. The normalized spacial score (nSPS) is 21.1. The van der Waals surface area contributed by atoms with Gasteiger partial charge in [0.25, 0.3) is 0 Å². The van der Waals surface area contributed by atoms with Crippen molar-refractivity contribution in [1.29, 1.82) is 0 Å². The number of rotatable bonds is 3. The summed E-state index contributed by atoms with van der Waals surface area (Å²) >= 11 is 0. The predicted molar refractivity (Wildman–Crippen MR) is 71.8 cm³/mol. The summed E-state index contributed by atoms with van der Waals surface area (Å²) in [5.74, 6) is 1.11. The second kappa shape index (κ2) is 5.65. The summed E-state index contributed by atoms with van der Waals surface area (Å²) < 4.78 is 10.8. The lowest BCUT2D eigenvalue weighted by Gasteiger charge is -2.25. The van der Waals surface area contributed by atoms with Crippen molar-refractivity contribution < 1.29 is 13.9 Å². The molecule has 0 aromatic carbocycles. The van der Waals surface area contributed by atoms with Crippen LogP contribution in [0.15, 0.2) is 22.8 Å². The molecule has 1 unspecified atom stereocenters. The molecule has 19 heavy (non-hydrogen) atoms. The maximum absolute atomic E-state index is 11.9. The highest BCUT2D eigenvalue weighted by atomic mass is 16.6. The molecule has 1 aliphatic rings. The first-order valence-corrected chi connectivity index (χ1v) is 6.69. The van der Waals surface area contributed by atoms with E-state index in [1.165, 1.54) is 0 Å². The van der Waals surface area contributed by atoms with E-state index in [-0.39, 0.29) is 6.04 Å². The van der Waals surface area contributed by atoms with Crippen LogP contribution in [0.2, 0.25) is 0 Å². The van der Waals surface area contributed by atoms with Crippen LogP contribution in [0.3, 0.4) is 0 Å². The molecule has 1 fully saturated rings. The number of carbonyl (C=O) groups is 1. The van der Waals surface area contributed by atoms with Gasteiger partial charge >= 0.3 is 6.09 Å². The van der Waals surface area contributed by atoms with Crippen LogP contribution in [0, 0.1) is 5.92 Å². The summed E-state index contributed by atoms with van der Waals surface area (Å²) in [7, 11) is 0. The maximum atomic E-state index is 11.9. The molecule has 2 N–H and O–H groups in total. The van der Waals surface area contributed by atoms with E-state index in [4.69, 9.17) is 9.15 Å². The van der Waals surface area contributed by atoms with Crippen LogP contribution in [0.5, 0.6) is 0 Å². The average molecular weight is 266 g/mol. The Bertz CT molecular complexity index is 403. The van der Waals surface area contributed by atoms with Crippen LogP contribution in [0.1, 0.15) is 39.0 Å². The first kappa shape index (κ1) is 13.9. The van der Waals surface area contributed by atoms with E-state index in [1.807, 2.05) is 32.9 Å². The number of furan rings is 1. The zero-order chi connectivity index (χ0) is 13.9. The summed E-state index contributed by atoms with van der Waals surface area (Å²) in [4.78, 5) is 11.9. The van der Waals surface area contributed by atoms with Crippen LogP contribution >= 0.6 is 0 Å². The molecule has 5 heteroatoms. The third-order valence-corrected chi connectivity index (χ3v) is 3.09. The van der Waals surface area contributed by atoms with Crippen LogP contribution in [-0.4, -0.2) is 24.8 Å². The molecule has 1 aromatic heterocycles. The second-order valence-electron chi connectivity index (χ2n) is 5.89. The fourth-order valence-corrected chi connectivity index (χ4v) is 2.29. The van der Waals surface area contributed by atoms with Crippen molar-refractivity contribution in [3.63, 3.8) is 0 Å². The fraction of sp³-hybridized carbons (Fsp3) is 0.643. The number of hydrogen-bond acceptors (Lipinski definition) is 4. The number of carbonyl (C=O) groups excluding carboxylic acids is 1. The molecular formula is C14H22N2O3. The molecule has 0 bridgehead atoms. The minimum atomic E-state index is -0.494. The van der Waals surface area contributed by atoms with E-state index in [0.717, 1.165) is 25.3 Å². The van der Waals surface area contributed by atoms with Crippen molar-refractivity contribution in [2.45, 2.75) is 38.8 Å². The number of amides is 1. The first-order chi connectivity index (χ1) is 8.96. The number of alkyl carbamates (subject to hydrolysis) is 1. The highest BCUT2D eigenvalue weighted by Gasteiger charge is 2.30. The van der Waals surface area contributed by atoms with Gasteiger partial charge in [-0.2, -0.15) is 0 Å². The van der Waals surface area contributed by atoms with Crippen molar-refractivity contribution in [2.75, 3.05) is 13.1 Å². The zero-order valence-electron chi connectivity index (χ0n) is 11.7. The Hall–Kier alpha value is -1.49. The molecule has 0 saturated carbocycles. The van der Waals surface area contributed by atoms with Gasteiger partial charge in [-0.05, 0) is 45.9 Å². The highest BCUT2D eigenvalue weighted by Crippen LogP contribution is 2.27. The lowest BCUT2D eigenvalue weighted by molar-refractivity contribution is 0.0479. The van der Waals surface area contributed by atoms with Crippen molar-refractivity contribution in [3.8, 4) is 0 Å². The monoisotopic (exact) mass is 266 g/mol. The first-order valence-electron chi connectivity index (χ1n) is 6.69. The third kappa shape index (κ3) is 3.99. The van der Waals surface area contributed by atoms with Crippen molar-refractivity contribution in [2.24, 2.45) is 5.92 Å². The predicted octanol–water partition coefficient (Wildman–Crippen LogP) is 2.45. The molecule has 0 aliphatic carbocycles. The Balaban J connectivity index is 2.04. The van der Waals surface area contributed by atoms with Crippen molar-refractivity contribution in [1.82, 2.24) is 10.6 Å². The van der Waals surface area contributed by atoms with Crippen LogP contribution < -0.4 is 10.6 Å². The van der Waals surface area contributed by atoms with Crippen LogP contribution in [0.4, 0.5) is 4.79 Å². The Morgan fingerprint density at radius 1 is 1.58 bits per heavy atom. The van der Waals surface area contributed by atoms with Crippen molar-refractivity contribution in [3.05, 3.63) is 24.2 Å². The quantitative estimate of drug-likeness (QED) is 0.882. The summed E-state index contributed by atoms with van der Waals surface area (Å²) in [6.45, 7) is 7.40. The molecule has 2 rings (SSSR count). The molecule has 2 heterocycles. The van der Waals surface area contributed by atoms with E-state index in [2.05, 4.69) is 10.6 Å². The van der Waals surface area contributed by atoms with Gasteiger partial charge < -0.3 is 19.8 Å². The van der Waals surface area contributed by atoms with E-state index >= 15 is 0 Å². The van der Waals surface area contributed by atoms with Gasteiger partial charge in [0, 0.05) is 12.5 Å². The Morgan fingerprint density at radius 2 is 2.37 bits per heavy atom. The summed E-state index contributed by atoms with van der Waals surface area (Å²) in [5, 5.41) is 6.23. The maximum Gasteiger partial charge on any atom is 0.408 e. The SMILES string of the molecule is CC(C)(C)OC(=O)N[C@@H](c1ccco1)C1CCNC1. The Kier molecular flexibility index (Phi) is 4.14. The molecule has 1 amide bonds. The van der Waals surface area contributed by atoms with Crippen LogP contribution in [-0.2, 0) is 4.74 Å². The molecule has 5 nitrogen and oxygen atoms in total. The molecule has 1 saturated heterocycles. The topological polar surface area (TPSA) is 63.5 Å². The largest absolute Gasteiger partial charge is 0.467 e. The molecule has 2 atom stereocenters. The van der Waals surface area contributed by atoms with Gasteiger partial charge in [0.1, 0.15) is 11.4 Å². The minimum Gasteiger partial charge on any atom is -0.467 e. The fourth-order valence-electron chi connectivity index (χ4n) is 2.29. The van der Waals surface area contributed by atoms with Gasteiger partial charge in [-0.3, -0.25) is 0 Å². The van der Waals surface area contributed by atoms with Gasteiger partial charge in [0.2, 0.25) is 0 Å². The zero-order valence-corrected chi connectivity index (χ0v) is 11.7. The number of hydrogen-bond donors (Lipinski definition) is 2. The Morgan fingerprint density at radius 3 is 2.89 bits per heavy atom. The second-order valence-corrected chi connectivity index (χ2v) is 5.89. The van der Waals surface area contributed by atoms with Crippen LogP contribution in [0.25, 0.3) is 0 Å². The third-order valence-electron chi connectivity index (χ3n) is 3.09. The smallest absolute Gasteiger partial charge is 0.408 e. The van der Waals surface area contributed by atoms with E-state index in [9.17, 15) is 4.79 Å². The Labute approximate surface area is 113 Å². The van der Waals surface area contributed by atoms with Gasteiger partial charge in [-0.25, -0.2) is 4.79 Å². The lowest BCUT2D eigenvalue weighted by atomic mass is 9.97. The molecule has 0 spiro atoms. The van der Waals surface area contributed by atoms with E-state index < -0.39 is 11.7 Å². The summed E-state index contributed by atoms with van der Waals surface area (Å²) in [5.41, 5.74) is -0.494. The van der Waals surface area contributed by atoms with Gasteiger partial charge in [0.15, 0.2) is 0 Å². The number of nitrogens with one attached hydrogen (secondary N) is 2. The highest BCUT2D eigenvalue weighted by molar-refractivity contribution is 5.68. The summed E-state index contributed by atoms with van der Waals surface area (Å²) in [6, 6.07) is 3.59. The van der Waals surface area contributed by atoms with Gasteiger partial charge in [-0.15, -0.1) is 0 Å². The number of ether oxygens (including phenoxy) is 1. The minimum absolute atomic E-state index is 0.139. The van der Waals surface area contributed by atoms with Crippen molar-refractivity contribution >= 4 is 6.09 Å². The molecule has 1 aromatic rings. The van der Waals surface area contributed by atoms with Gasteiger partial charge in [-0.1, -0.05) is 0 Å². The molecule has 1 aliphatic heterocycles. The molecular weight excluding hydrogens is 244 g/mol. The summed E-state index contributed by atoms with van der Waals surface area (Å²) in [6.07, 6.45) is 2.24. The van der Waals surface area contributed by atoms with Gasteiger partial charge in [0.05, 0.1) is 12.3 Å².